The van der Waals surface area contributed by atoms with Gasteiger partial charge in [0.05, 0.1) is 7.11 Å². The average molecular weight is 232 g/mol. The lowest BCUT2D eigenvalue weighted by molar-refractivity contribution is -0.142. The lowest BCUT2D eigenvalue weighted by Crippen LogP contribution is -2.50. The first-order valence-electron chi connectivity index (χ1n) is 4.80. The zero-order valence-corrected chi connectivity index (χ0v) is 9.44. The number of carbonyl (C=O) groups is 3. The fraction of sp³-hybridized carbons (Fsp3) is 0.667. The maximum atomic E-state index is 11.3. The maximum absolute atomic E-state index is 11.3. The molecule has 7 heteroatoms. The number of hydrogen-bond donors (Lipinski definition) is 3. The second kappa shape index (κ2) is 6.65. The summed E-state index contributed by atoms with van der Waals surface area (Å²) in [6.45, 7) is 3.07. The first-order valence-corrected chi connectivity index (χ1v) is 4.80. The van der Waals surface area contributed by atoms with Crippen LogP contribution in [0.4, 0.5) is 4.79 Å². The summed E-state index contributed by atoms with van der Waals surface area (Å²) in [7, 11) is 1.20. The van der Waals surface area contributed by atoms with E-state index in [0.717, 1.165) is 0 Å². The smallest absolute Gasteiger partial charge is 0.328 e. The molecule has 0 fully saturated rings. The van der Waals surface area contributed by atoms with E-state index in [9.17, 15) is 14.4 Å². The van der Waals surface area contributed by atoms with Crippen LogP contribution < -0.4 is 10.6 Å². The summed E-state index contributed by atoms with van der Waals surface area (Å²) in [5.41, 5.74) is 0. The fourth-order valence-electron chi connectivity index (χ4n) is 0.971. The fourth-order valence-corrected chi connectivity index (χ4v) is 0.971. The standard InChI is InChI=1S/C9H16N2O5/c1-4-6(7(12)13)11-9(15)10-5(2)8(14)16-3/h5-6H,4H2,1-3H3,(H,12,13)(H2,10,11,15). The highest BCUT2D eigenvalue weighted by Gasteiger charge is 2.20. The van der Waals surface area contributed by atoms with Crippen molar-refractivity contribution in [2.24, 2.45) is 0 Å². The molecule has 2 unspecified atom stereocenters. The zero-order valence-electron chi connectivity index (χ0n) is 9.44. The quantitative estimate of drug-likeness (QED) is 0.565. The van der Waals surface area contributed by atoms with Gasteiger partial charge in [0.2, 0.25) is 0 Å². The van der Waals surface area contributed by atoms with Crippen molar-refractivity contribution >= 4 is 18.0 Å². The minimum absolute atomic E-state index is 0.259. The second-order valence-electron chi connectivity index (χ2n) is 3.16. The monoisotopic (exact) mass is 232 g/mol. The number of nitrogens with one attached hydrogen (secondary N) is 2. The molecule has 0 aromatic heterocycles. The molecule has 0 radical (unpaired) electrons. The summed E-state index contributed by atoms with van der Waals surface area (Å²) in [5.74, 6) is -1.72. The summed E-state index contributed by atoms with van der Waals surface area (Å²) in [6, 6.07) is -2.51. The number of aliphatic carboxylic acids is 1. The Morgan fingerprint density at radius 2 is 1.88 bits per heavy atom. The van der Waals surface area contributed by atoms with Crippen molar-refractivity contribution in [2.45, 2.75) is 32.4 Å². The van der Waals surface area contributed by atoms with Crippen LogP contribution in [-0.2, 0) is 14.3 Å². The lowest BCUT2D eigenvalue weighted by atomic mass is 10.2. The van der Waals surface area contributed by atoms with Gasteiger partial charge in [0.15, 0.2) is 0 Å². The predicted molar refractivity (Wildman–Crippen MR) is 54.9 cm³/mol. The number of carboxylic acid groups (broad SMARTS) is 1. The molecule has 0 aromatic rings. The molecule has 16 heavy (non-hydrogen) atoms. The van der Waals surface area contributed by atoms with Crippen LogP contribution in [0.25, 0.3) is 0 Å². The molecule has 0 rings (SSSR count). The van der Waals surface area contributed by atoms with Crippen LogP contribution in [0, 0.1) is 0 Å². The maximum Gasteiger partial charge on any atom is 0.328 e. The van der Waals surface area contributed by atoms with Gasteiger partial charge in [-0.3, -0.25) is 0 Å². The third-order valence-corrected chi connectivity index (χ3v) is 1.91. The van der Waals surface area contributed by atoms with Crippen LogP contribution in [0.2, 0.25) is 0 Å². The molecule has 0 saturated carbocycles. The van der Waals surface area contributed by atoms with Crippen molar-refractivity contribution in [3.8, 4) is 0 Å². The Hall–Kier alpha value is -1.79. The van der Waals surface area contributed by atoms with E-state index < -0.39 is 30.1 Å². The van der Waals surface area contributed by atoms with Crippen LogP contribution in [0.5, 0.6) is 0 Å². The SMILES string of the molecule is CCC(NC(=O)NC(C)C(=O)OC)C(=O)O. The minimum atomic E-state index is -1.12. The number of hydrogen-bond acceptors (Lipinski definition) is 4. The van der Waals surface area contributed by atoms with Gasteiger partial charge in [-0.1, -0.05) is 6.92 Å². The molecule has 3 N–H and O–H groups in total. The normalized spacial score (nSPS) is 13.4. The largest absolute Gasteiger partial charge is 0.480 e. The van der Waals surface area contributed by atoms with Crippen molar-refractivity contribution in [3.63, 3.8) is 0 Å². The first kappa shape index (κ1) is 14.2. The van der Waals surface area contributed by atoms with Gasteiger partial charge in [0.1, 0.15) is 12.1 Å². The topological polar surface area (TPSA) is 105 Å². The number of rotatable bonds is 5. The molecule has 92 valence electrons. The second-order valence-corrected chi connectivity index (χ2v) is 3.16. The van der Waals surface area contributed by atoms with E-state index in [-0.39, 0.29) is 6.42 Å². The molecule has 0 aromatic carbocycles. The number of carboxylic acids is 1. The third kappa shape index (κ3) is 4.63. The van der Waals surface area contributed by atoms with E-state index in [1.54, 1.807) is 6.92 Å². The Labute approximate surface area is 93.2 Å². The number of carbonyl (C=O) groups excluding carboxylic acids is 2. The Balaban J connectivity index is 4.17. The minimum Gasteiger partial charge on any atom is -0.480 e. The number of ether oxygens (including phenoxy) is 1. The Morgan fingerprint density at radius 3 is 2.25 bits per heavy atom. The van der Waals surface area contributed by atoms with Gasteiger partial charge in [-0.15, -0.1) is 0 Å². The average Bonchev–Trinajstić information content (AvgIpc) is 2.23. The van der Waals surface area contributed by atoms with Crippen molar-refractivity contribution < 1.29 is 24.2 Å². The van der Waals surface area contributed by atoms with E-state index in [2.05, 4.69) is 15.4 Å². The van der Waals surface area contributed by atoms with E-state index in [4.69, 9.17) is 5.11 Å². The molecule has 0 spiro atoms. The van der Waals surface area contributed by atoms with Gasteiger partial charge >= 0.3 is 18.0 Å². The van der Waals surface area contributed by atoms with Gasteiger partial charge in [-0.2, -0.15) is 0 Å². The Bertz CT molecular complexity index is 279. The molecule has 2 amide bonds. The van der Waals surface area contributed by atoms with Gasteiger partial charge in [-0.25, -0.2) is 14.4 Å². The van der Waals surface area contributed by atoms with Crippen molar-refractivity contribution in [1.82, 2.24) is 10.6 Å². The molecular formula is C9H16N2O5. The van der Waals surface area contributed by atoms with Gasteiger partial charge < -0.3 is 20.5 Å². The molecule has 7 nitrogen and oxygen atoms in total. The predicted octanol–water partition coefficient (Wildman–Crippen LogP) is -0.290. The number of esters is 1. The molecule has 0 bridgehead atoms. The van der Waals surface area contributed by atoms with Crippen LogP contribution in [-0.4, -0.2) is 42.3 Å². The van der Waals surface area contributed by atoms with Gasteiger partial charge in [0, 0.05) is 0 Å². The first-order chi connectivity index (χ1) is 7.42. The summed E-state index contributed by atoms with van der Waals surface area (Å²) >= 11 is 0. The zero-order chi connectivity index (χ0) is 12.7. The van der Waals surface area contributed by atoms with Gasteiger partial charge in [-0.05, 0) is 13.3 Å². The molecule has 0 aliphatic rings. The number of methoxy groups -OCH3 is 1. The van der Waals surface area contributed by atoms with Crippen LogP contribution >= 0.6 is 0 Å². The van der Waals surface area contributed by atoms with Crippen molar-refractivity contribution in [3.05, 3.63) is 0 Å². The Morgan fingerprint density at radius 1 is 1.31 bits per heavy atom. The van der Waals surface area contributed by atoms with E-state index >= 15 is 0 Å². The number of amides is 2. The highest BCUT2D eigenvalue weighted by atomic mass is 16.5. The summed E-state index contributed by atoms with van der Waals surface area (Å²) in [4.78, 5) is 32.8. The molecule has 0 saturated heterocycles. The van der Waals surface area contributed by atoms with Crippen LogP contribution in [0.15, 0.2) is 0 Å². The van der Waals surface area contributed by atoms with Crippen molar-refractivity contribution in [2.75, 3.05) is 7.11 Å². The highest BCUT2D eigenvalue weighted by molar-refractivity contribution is 5.86. The highest BCUT2D eigenvalue weighted by Crippen LogP contribution is 1.91. The molecule has 2 atom stereocenters. The molecule has 0 heterocycles. The van der Waals surface area contributed by atoms with E-state index in [1.807, 2.05) is 0 Å². The molecule has 0 aliphatic heterocycles. The Kier molecular flexibility index (Phi) is 5.91. The van der Waals surface area contributed by atoms with E-state index in [0.29, 0.717) is 0 Å². The van der Waals surface area contributed by atoms with E-state index in [1.165, 1.54) is 14.0 Å². The third-order valence-electron chi connectivity index (χ3n) is 1.91. The molecular weight excluding hydrogens is 216 g/mol. The summed E-state index contributed by atoms with van der Waals surface area (Å²) in [5, 5.41) is 13.2. The summed E-state index contributed by atoms with van der Waals surface area (Å²) < 4.78 is 4.39. The van der Waals surface area contributed by atoms with Crippen LogP contribution in [0.1, 0.15) is 20.3 Å². The van der Waals surface area contributed by atoms with Crippen LogP contribution in [0.3, 0.4) is 0 Å². The van der Waals surface area contributed by atoms with Gasteiger partial charge in [0.25, 0.3) is 0 Å². The van der Waals surface area contributed by atoms with Crippen molar-refractivity contribution in [1.29, 1.82) is 0 Å². The molecule has 0 aliphatic carbocycles. The lowest BCUT2D eigenvalue weighted by Gasteiger charge is -2.15. The summed E-state index contributed by atoms with van der Waals surface area (Å²) in [6.07, 6.45) is 0.259. The number of urea groups is 1.